The highest BCUT2D eigenvalue weighted by Crippen LogP contribution is 2.33. The maximum Gasteiger partial charge on any atom is 0.225 e. The van der Waals surface area contributed by atoms with Crippen LogP contribution in [0.3, 0.4) is 0 Å². The number of piperidine rings is 1. The van der Waals surface area contributed by atoms with Crippen LogP contribution in [-0.4, -0.2) is 41.6 Å². The number of hydrogen-bond donors (Lipinski definition) is 1. The molecule has 0 spiro atoms. The molecule has 1 saturated carbocycles. The Morgan fingerprint density at radius 2 is 1.91 bits per heavy atom. The largest absolute Gasteiger partial charge is 0.490 e. The molecule has 6 nitrogen and oxygen atoms in total. The van der Waals surface area contributed by atoms with Gasteiger partial charge in [0.25, 0.3) is 0 Å². The Bertz CT molecular complexity index is 1060. The molecule has 2 heterocycles. The minimum Gasteiger partial charge on any atom is -0.490 e. The van der Waals surface area contributed by atoms with Crippen molar-refractivity contribution in [1.82, 2.24) is 15.3 Å². The van der Waals surface area contributed by atoms with Crippen molar-refractivity contribution in [1.29, 1.82) is 0 Å². The molecule has 1 aromatic heterocycles. The average Bonchev–Trinajstić information content (AvgIpc) is 3.72. The second-order valence-corrected chi connectivity index (χ2v) is 10.1. The normalized spacial score (nSPS) is 20.9. The number of aryl methyl sites for hydroxylation is 1. The lowest BCUT2D eigenvalue weighted by atomic mass is 9.86. The van der Waals surface area contributed by atoms with Crippen LogP contribution in [0.25, 0.3) is 5.57 Å². The molecule has 2 aromatic rings. The highest BCUT2D eigenvalue weighted by molar-refractivity contribution is 5.81. The third-order valence-electron chi connectivity index (χ3n) is 7.48. The number of benzene rings is 1. The molecule has 1 unspecified atom stereocenters. The maximum atomic E-state index is 14.8. The zero-order valence-electron chi connectivity index (χ0n) is 20.5. The number of rotatable bonds is 8. The van der Waals surface area contributed by atoms with Gasteiger partial charge >= 0.3 is 0 Å². The van der Waals surface area contributed by atoms with E-state index in [-0.39, 0.29) is 17.6 Å². The van der Waals surface area contributed by atoms with Gasteiger partial charge in [-0.05, 0) is 86.1 Å². The van der Waals surface area contributed by atoms with E-state index in [0.29, 0.717) is 24.3 Å². The zero-order chi connectivity index (χ0) is 24.2. The molecular formula is C28H35FN4O2. The van der Waals surface area contributed by atoms with Crippen LogP contribution < -0.4 is 15.0 Å². The van der Waals surface area contributed by atoms with Crippen LogP contribution in [-0.2, 0) is 11.2 Å². The van der Waals surface area contributed by atoms with Crippen LogP contribution >= 0.6 is 0 Å². The maximum absolute atomic E-state index is 14.8. The van der Waals surface area contributed by atoms with Crippen LogP contribution in [0.15, 0.2) is 36.7 Å². The van der Waals surface area contributed by atoms with E-state index in [4.69, 9.17) is 4.74 Å². The molecule has 186 valence electrons. The smallest absolute Gasteiger partial charge is 0.225 e. The monoisotopic (exact) mass is 478 g/mol. The van der Waals surface area contributed by atoms with Gasteiger partial charge in [0.05, 0.1) is 6.61 Å². The zero-order valence-corrected chi connectivity index (χ0v) is 20.5. The minimum atomic E-state index is -0.321. The standard InChI is InChI=1S/C28H35FN4O2/c1-2-19-16-30-28(31-17-19)33-13-11-20(12-14-33)18-35-26-10-7-23(15-25(26)29)21-3-5-22(6-4-21)27(34)32-24-8-9-24/h3,7,10,15-17,20,22,24H,2,4-6,8-9,11-14,18H2,1H3,(H,32,34). The molecule has 3 aliphatic rings. The number of ether oxygens (including phenoxy) is 1. The average molecular weight is 479 g/mol. The Morgan fingerprint density at radius 3 is 2.54 bits per heavy atom. The van der Waals surface area contributed by atoms with E-state index in [2.05, 4.69) is 33.2 Å². The Hall–Kier alpha value is -2.96. The summed E-state index contributed by atoms with van der Waals surface area (Å²) in [7, 11) is 0. The number of carbonyl (C=O) groups is 1. The lowest BCUT2D eigenvalue weighted by molar-refractivity contribution is -0.125. The highest BCUT2D eigenvalue weighted by atomic mass is 19.1. The molecule has 35 heavy (non-hydrogen) atoms. The van der Waals surface area contributed by atoms with E-state index in [9.17, 15) is 9.18 Å². The van der Waals surface area contributed by atoms with Crippen molar-refractivity contribution in [2.45, 2.75) is 64.3 Å². The van der Waals surface area contributed by atoms with Gasteiger partial charge in [-0.1, -0.05) is 19.1 Å². The first kappa shape index (κ1) is 23.8. The first-order valence-electron chi connectivity index (χ1n) is 13.1. The lowest BCUT2D eigenvalue weighted by Crippen LogP contribution is -2.36. The van der Waals surface area contributed by atoms with Crippen molar-refractivity contribution in [3.8, 4) is 5.75 Å². The summed E-state index contributed by atoms with van der Waals surface area (Å²) in [6.45, 7) is 4.38. The molecule has 5 rings (SSSR count). The molecule has 1 aromatic carbocycles. The molecule has 1 N–H and O–H groups in total. The van der Waals surface area contributed by atoms with Gasteiger partial charge in [0.1, 0.15) is 0 Å². The van der Waals surface area contributed by atoms with Crippen molar-refractivity contribution in [3.63, 3.8) is 0 Å². The Balaban J connectivity index is 1.09. The van der Waals surface area contributed by atoms with E-state index >= 15 is 0 Å². The topological polar surface area (TPSA) is 67.4 Å². The Morgan fingerprint density at radius 1 is 1.14 bits per heavy atom. The number of amides is 1. The summed E-state index contributed by atoms with van der Waals surface area (Å²) >= 11 is 0. The summed E-state index contributed by atoms with van der Waals surface area (Å²) in [6.07, 6.45) is 13.3. The van der Waals surface area contributed by atoms with Gasteiger partial charge in [-0.15, -0.1) is 0 Å². The van der Waals surface area contributed by atoms with Crippen molar-refractivity contribution >= 4 is 17.4 Å². The van der Waals surface area contributed by atoms with E-state index in [1.165, 1.54) is 0 Å². The van der Waals surface area contributed by atoms with Crippen LogP contribution in [0.2, 0.25) is 0 Å². The third kappa shape index (κ3) is 6.00. The van der Waals surface area contributed by atoms with E-state index < -0.39 is 0 Å². The van der Waals surface area contributed by atoms with Gasteiger partial charge in [-0.3, -0.25) is 4.79 Å². The number of carbonyl (C=O) groups excluding carboxylic acids is 1. The van der Waals surface area contributed by atoms with Crippen LogP contribution in [0, 0.1) is 17.7 Å². The second kappa shape index (κ2) is 10.8. The molecular weight excluding hydrogens is 443 g/mol. The molecule has 1 atom stereocenters. The molecule has 1 aliphatic heterocycles. The summed E-state index contributed by atoms with van der Waals surface area (Å²) in [5, 5.41) is 3.10. The fourth-order valence-corrected chi connectivity index (χ4v) is 4.90. The minimum absolute atomic E-state index is 0.0421. The van der Waals surface area contributed by atoms with Gasteiger partial charge in [-0.25, -0.2) is 14.4 Å². The van der Waals surface area contributed by atoms with Crippen molar-refractivity contribution < 1.29 is 13.9 Å². The van der Waals surface area contributed by atoms with Gasteiger partial charge in [0, 0.05) is 37.4 Å². The summed E-state index contributed by atoms with van der Waals surface area (Å²) in [5.74, 6) is 1.38. The Labute approximate surface area is 207 Å². The fraction of sp³-hybridized carbons (Fsp3) is 0.536. The highest BCUT2D eigenvalue weighted by Gasteiger charge is 2.28. The number of aromatic nitrogens is 2. The predicted molar refractivity (Wildman–Crippen MR) is 135 cm³/mol. The van der Waals surface area contributed by atoms with Crippen molar-refractivity contribution in [2.24, 2.45) is 11.8 Å². The quantitative estimate of drug-likeness (QED) is 0.582. The predicted octanol–water partition coefficient (Wildman–Crippen LogP) is 4.94. The molecule has 1 amide bonds. The molecule has 2 aliphatic carbocycles. The summed E-state index contributed by atoms with van der Waals surface area (Å²) in [4.78, 5) is 23.5. The summed E-state index contributed by atoms with van der Waals surface area (Å²) in [6, 6.07) is 5.66. The number of halogens is 1. The molecule has 0 radical (unpaired) electrons. The van der Waals surface area contributed by atoms with Gasteiger partial charge < -0.3 is 15.0 Å². The summed E-state index contributed by atoms with van der Waals surface area (Å²) in [5.41, 5.74) is 3.15. The second-order valence-electron chi connectivity index (χ2n) is 10.1. The van der Waals surface area contributed by atoms with Gasteiger partial charge in [0.2, 0.25) is 11.9 Å². The molecule has 0 bridgehead atoms. The van der Waals surface area contributed by atoms with Gasteiger partial charge in [-0.2, -0.15) is 0 Å². The SMILES string of the molecule is CCc1cnc(N2CCC(COc3ccc(C4=CCC(C(=O)NC5CC5)CC4)cc3F)CC2)nc1. The number of anilines is 1. The van der Waals surface area contributed by atoms with Gasteiger partial charge in [0.15, 0.2) is 11.6 Å². The molecule has 1 saturated heterocycles. The molecule has 2 fully saturated rings. The first-order valence-corrected chi connectivity index (χ1v) is 13.1. The fourth-order valence-electron chi connectivity index (χ4n) is 4.90. The summed E-state index contributed by atoms with van der Waals surface area (Å²) < 4.78 is 20.7. The van der Waals surface area contributed by atoms with Crippen LogP contribution in [0.5, 0.6) is 5.75 Å². The molecule has 7 heteroatoms. The number of hydrogen-bond acceptors (Lipinski definition) is 5. The van der Waals surface area contributed by atoms with E-state index in [1.807, 2.05) is 18.5 Å². The van der Waals surface area contributed by atoms with Crippen LogP contribution in [0.4, 0.5) is 10.3 Å². The van der Waals surface area contributed by atoms with Crippen molar-refractivity contribution in [3.05, 3.63) is 53.6 Å². The van der Waals surface area contributed by atoms with Crippen LogP contribution in [0.1, 0.15) is 63.0 Å². The Kier molecular flexibility index (Phi) is 7.30. The van der Waals surface area contributed by atoms with Crippen molar-refractivity contribution in [2.75, 3.05) is 24.6 Å². The van der Waals surface area contributed by atoms with E-state index in [0.717, 1.165) is 87.1 Å². The number of nitrogens with zero attached hydrogens (tertiary/aromatic N) is 3. The number of allylic oxidation sites excluding steroid dienone is 2. The lowest BCUT2D eigenvalue weighted by Gasteiger charge is -2.31. The van der Waals surface area contributed by atoms with E-state index in [1.54, 1.807) is 12.1 Å². The number of nitrogens with one attached hydrogen (secondary N) is 1. The third-order valence-corrected chi connectivity index (χ3v) is 7.48. The first-order chi connectivity index (χ1) is 17.1.